The molecular formula is C33H35Cl2N11O5. The van der Waals surface area contributed by atoms with Gasteiger partial charge in [0.2, 0.25) is 17.7 Å². The van der Waals surface area contributed by atoms with E-state index in [0.717, 1.165) is 0 Å². The number of anilines is 2. The van der Waals surface area contributed by atoms with E-state index in [0.29, 0.717) is 88.6 Å². The smallest absolute Gasteiger partial charge is 0.407 e. The Hall–Kier alpha value is -5.45. The number of fused-ring (bicyclic) bond motifs is 1. The number of nitrogens with zero attached hydrogens (tertiary/aromatic N) is 9. The number of benzene rings is 1. The predicted octanol–water partition coefficient (Wildman–Crippen LogP) is 4.50. The zero-order valence-corrected chi connectivity index (χ0v) is 29.5. The summed E-state index contributed by atoms with van der Waals surface area (Å²) in [4.78, 5) is 55.5. The molecule has 0 bridgehead atoms. The second-order valence-electron chi connectivity index (χ2n) is 12.0. The van der Waals surface area contributed by atoms with Crippen molar-refractivity contribution < 1.29 is 19.4 Å². The summed E-state index contributed by atoms with van der Waals surface area (Å²) < 4.78 is 9.22. The van der Waals surface area contributed by atoms with E-state index in [1.54, 1.807) is 74.6 Å². The molecule has 3 amide bonds. The summed E-state index contributed by atoms with van der Waals surface area (Å²) in [5.41, 5.74) is 1.88. The quantitative estimate of drug-likeness (QED) is 0.184. The Morgan fingerprint density at radius 2 is 1.76 bits per heavy atom. The van der Waals surface area contributed by atoms with Crippen molar-refractivity contribution in [1.29, 1.82) is 0 Å². The lowest BCUT2D eigenvalue weighted by Gasteiger charge is -2.32. The van der Waals surface area contributed by atoms with Crippen molar-refractivity contribution in [3.05, 3.63) is 81.0 Å². The Balaban J connectivity index is 1.19. The Morgan fingerprint density at radius 3 is 2.47 bits per heavy atom. The second kappa shape index (κ2) is 15.2. The average Bonchev–Trinajstić information content (AvgIpc) is 3.56. The SMILES string of the molecule is CN(C)C(=O)NCc1cc(Nc2ncc3cc(-c4c(Cl)cccc4Cl)c(=O)n(C)c3n2)cnc1Oc1ccn(CCN2CCN(C(=O)O)CC2)n1. The number of piperazine rings is 1. The molecule has 1 fully saturated rings. The molecule has 4 aromatic heterocycles. The van der Waals surface area contributed by atoms with E-state index in [-0.39, 0.29) is 30.0 Å². The highest BCUT2D eigenvalue weighted by Crippen LogP contribution is 2.34. The number of hydrogen-bond acceptors (Lipinski definition) is 10. The third-order valence-corrected chi connectivity index (χ3v) is 8.93. The lowest BCUT2D eigenvalue weighted by Crippen LogP contribution is -2.48. The molecular weight excluding hydrogens is 701 g/mol. The second-order valence-corrected chi connectivity index (χ2v) is 12.8. The molecule has 5 heterocycles. The number of carbonyl (C=O) groups excluding carboxylic acids is 1. The van der Waals surface area contributed by atoms with E-state index in [4.69, 9.17) is 27.9 Å². The van der Waals surface area contributed by atoms with Gasteiger partial charge in [-0.05, 0) is 24.3 Å². The van der Waals surface area contributed by atoms with E-state index >= 15 is 0 Å². The molecule has 1 aliphatic heterocycles. The Morgan fingerprint density at radius 1 is 1.02 bits per heavy atom. The number of hydrogen-bond donors (Lipinski definition) is 3. The highest BCUT2D eigenvalue weighted by Gasteiger charge is 2.21. The number of rotatable bonds is 10. The van der Waals surface area contributed by atoms with Crippen LogP contribution in [0.25, 0.3) is 22.2 Å². The summed E-state index contributed by atoms with van der Waals surface area (Å²) >= 11 is 12.8. The molecule has 1 aliphatic rings. The van der Waals surface area contributed by atoms with Crippen molar-refractivity contribution in [3.63, 3.8) is 0 Å². The summed E-state index contributed by atoms with van der Waals surface area (Å²) in [5, 5.41) is 21.0. The number of ether oxygens (including phenoxy) is 1. The summed E-state index contributed by atoms with van der Waals surface area (Å²) in [6.45, 7) is 3.65. The maximum absolute atomic E-state index is 13.4. The topological polar surface area (TPSA) is 176 Å². The van der Waals surface area contributed by atoms with Gasteiger partial charge in [0.05, 0.1) is 34.0 Å². The zero-order chi connectivity index (χ0) is 36.2. The summed E-state index contributed by atoms with van der Waals surface area (Å²) in [5.74, 6) is 0.764. The van der Waals surface area contributed by atoms with E-state index in [1.807, 2.05) is 0 Å². The fraction of sp³-hybridized carbons (Fsp3) is 0.303. The van der Waals surface area contributed by atoms with Crippen LogP contribution in [0, 0.1) is 0 Å². The molecule has 266 valence electrons. The van der Waals surface area contributed by atoms with Crippen LogP contribution in [0.2, 0.25) is 10.0 Å². The van der Waals surface area contributed by atoms with Crippen molar-refractivity contribution in [2.75, 3.05) is 52.1 Å². The Bertz CT molecular complexity index is 2130. The van der Waals surface area contributed by atoms with E-state index in [9.17, 15) is 19.5 Å². The molecule has 5 aromatic rings. The normalized spacial score (nSPS) is 13.3. The summed E-state index contributed by atoms with van der Waals surface area (Å²) in [7, 11) is 4.88. The van der Waals surface area contributed by atoms with Gasteiger partial charge in [-0.25, -0.2) is 19.6 Å². The number of amides is 3. The van der Waals surface area contributed by atoms with Crippen molar-refractivity contribution in [2.24, 2.45) is 7.05 Å². The van der Waals surface area contributed by atoms with Crippen molar-refractivity contribution in [3.8, 4) is 22.9 Å². The minimum absolute atomic E-state index is 0.0956. The van der Waals surface area contributed by atoms with Crippen molar-refractivity contribution >= 4 is 58.0 Å². The van der Waals surface area contributed by atoms with Gasteiger partial charge < -0.3 is 30.3 Å². The fourth-order valence-corrected chi connectivity index (χ4v) is 6.11. The van der Waals surface area contributed by atoms with Gasteiger partial charge in [0.15, 0.2) is 0 Å². The molecule has 3 N–H and O–H groups in total. The van der Waals surface area contributed by atoms with Crippen LogP contribution < -0.4 is 20.9 Å². The van der Waals surface area contributed by atoms with Gasteiger partial charge >= 0.3 is 12.1 Å². The first-order chi connectivity index (χ1) is 24.5. The summed E-state index contributed by atoms with van der Waals surface area (Å²) in [6, 6.07) is 9.89. The lowest BCUT2D eigenvalue weighted by molar-refractivity contribution is 0.103. The van der Waals surface area contributed by atoms with Gasteiger partial charge in [-0.2, -0.15) is 4.98 Å². The van der Waals surface area contributed by atoms with Crippen LogP contribution in [0.5, 0.6) is 11.8 Å². The van der Waals surface area contributed by atoms with Crippen LogP contribution >= 0.6 is 23.2 Å². The van der Waals surface area contributed by atoms with E-state index in [1.165, 1.54) is 20.6 Å². The number of nitrogens with one attached hydrogen (secondary N) is 2. The first-order valence-corrected chi connectivity index (χ1v) is 16.7. The highest BCUT2D eigenvalue weighted by molar-refractivity contribution is 6.39. The number of halogens is 2. The van der Waals surface area contributed by atoms with E-state index < -0.39 is 6.09 Å². The number of carboxylic acid groups (broad SMARTS) is 1. The molecule has 1 saturated heterocycles. The summed E-state index contributed by atoms with van der Waals surface area (Å²) in [6.07, 6.45) is 4.03. The molecule has 6 rings (SSSR count). The number of aryl methyl sites for hydroxylation is 1. The third kappa shape index (κ3) is 8.14. The van der Waals surface area contributed by atoms with Gasteiger partial charge in [0.1, 0.15) is 5.65 Å². The van der Waals surface area contributed by atoms with Crippen LogP contribution in [0.1, 0.15) is 5.56 Å². The number of carbonyl (C=O) groups is 2. The fourth-order valence-electron chi connectivity index (χ4n) is 5.51. The molecule has 0 atom stereocenters. The molecule has 1 aromatic carbocycles. The molecule has 0 aliphatic carbocycles. The number of aromatic nitrogens is 6. The highest BCUT2D eigenvalue weighted by atomic mass is 35.5. The molecule has 0 unspecified atom stereocenters. The maximum Gasteiger partial charge on any atom is 0.407 e. The van der Waals surface area contributed by atoms with Crippen molar-refractivity contribution in [2.45, 2.75) is 13.1 Å². The Kier molecular flexibility index (Phi) is 10.5. The van der Waals surface area contributed by atoms with Crippen LogP contribution in [-0.4, -0.2) is 108 Å². The molecule has 18 heteroatoms. The van der Waals surface area contributed by atoms with Gasteiger partial charge in [-0.15, -0.1) is 5.10 Å². The minimum Gasteiger partial charge on any atom is -0.465 e. The maximum atomic E-state index is 13.4. The zero-order valence-electron chi connectivity index (χ0n) is 28.0. The average molecular weight is 737 g/mol. The van der Waals surface area contributed by atoms with Gasteiger partial charge in [0.25, 0.3) is 5.56 Å². The third-order valence-electron chi connectivity index (χ3n) is 8.30. The van der Waals surface area contributed by atoms with Crippen LogP contribution in [-0.2, 0) is 20.1 Å². The lowest BCUT2D eigenvalue weighted by atomic mass is 10.1. The minimum atomic E-state index is -0.896. The number of pyridine rings is 2. The monoisotopic (exact) mass is 735 g/mol. The predicted molar refractivity (Wildman–Crippen MR) is 192 cm³/mol. The van der Waals surface area contributed by atoms with Crippen LogP contribution in [0.3, 0.4) is 0 Å². The standard InChI is InChI=1S/C33H35Cl2N11O5/c1-42(2)32(48)38-18-21-15-22(19-36-29(21)51-26-7-8-46(41-26)14-11-44-9-12-45(13-10-44)33(49)50)39-31-37-17-20-16-23(30(47)43(3)28(20)40-31)27-24(34)5-4-6-25(27)35/h4-8,15-17,19H,9-14,18H2,1-3H3,(H,38,48)(H,49,50)(H,37,39,40). The molecule has 16 nitrogen and oxygen atoms in total. The number of urea groups is 1. The Labute approximate surface area is 302 Å². The molecule has 0 spiro atoms. The van der Waals surface area contributed by atoms with Gasteiger partial charge in [-0.1, -0.05) is 29.3 Å². The molecule has 51 heavy (non-hydrogen) atoms. The van der Waals surface area contributed by atoms with Crippen molar-refractivity contribution in [1.82, 2.24) is 49.3 Å². The molecule has 0 radical (unpaired) electrons. The van der Waals surface area contributed by atoms with Gasteiger partial charge in [-0.3, -0.25) is 18.9 Å². The first-order valence-electron chi connectivity index (χ1n) is 15.9. The van der Waals surface area contributed by atoms with Crippen LogP contribution in [0.15, 0.2) is 59.8 Å². The van der Waals surface area contributed by atoms with Crippen LogP contribution in [0.4, 0.5) is 21.2 Å². The largest absolute Gasteiger partial charge is 0.465 e. The van der Waals surface area contributed by atoms with E-state index in [2.05, 4.69) is 35.6 Å². The molecule has 0 saturated carbocycles. The first kappa shape index (κ1) is 35.4. The van der Waals surface area contributed by atoms with Gasteiger partial charge in [0, 0.05) is 95.4 Å².